The van der Waals surface area contributed by atoms with Gasteiger partial charge in [0.15, 0.2) is 0 Å². The Morgan fingerprint density at radius 1 is 1.46 bits per heavy atom. The zero-order valence-corrected chi connectivity index (χ0v) is 9.09. The molecule has 0 aliphatic carbocycles. The molecule has 0 fully saturated rings. The van der Waals surface area contributed by atoms with Crippen molar-refractivity contribution in [2.75, 3.05) is 13.1 Å². The summed E-state index contributed by atoms with van der Waals surface area (Å²) in [7, 11) is 0. The highest BCUT2D eigenvalue weighted by Gasteiger charge is 2.05. The number of hydrogen-bond acceptors (Lipinski definition) is 1. The van der Waals surface area contributed by atoms with Gasteiger partial charge in [-0.3, -0.25) is 0 Å². The Morgan fingerprint density at radius 3 is 2.85 bits per heavy atom. The first kappa shape index (κ1) is 10.4. The Bertz CT molecular complexity index is 201. The molecule has 0 N–H and O–H groups in total. The highest BCUT2D eigenvalue weighted by molar-refractivity contribution is 5.15. The second kappa shape index (κ2) is 5.11. The number of allylic oxidation sites excluding steroid dienone is 3. The maximum absolute atomic E-state index is 2.45. The van der Waals surface area contributed by atoms with Gasteiger partial charge in [0, 0.05) is 18.8 Å². The Morgan fingerprint density at radius 2 is 2.23 bits per heavy atom. The average molecular weight is 179 g/mol. The quantitative estimate of drug-likeness (QED) is 0.640. The summed E-state index contributed by atoms with van der Waals surface area (Å²) in [6, 6.07) is 0. The van der Waals surface area contributed by atoms with E-state index >= 15 is 0 Å². The van der Waals surface area contributed by atoms with E-state index in [0.717, 1.165) is 12.5 Å². The van der Waals surface area contributed by atoms with Crippen LogP contribution in [0.2, 0.25) is 0 Å². The first-order valence-electron chi connectivity index (χ1n) is 5.28. The predicted octanol–water partition coefficient (Wildman–Crippen LogP) is 3.20. The lowest BCUT2D eigenvalue weighted by atomic mass is 10.1. The molecule has 0 aromatic heterocycles. The van der Waals surface area contributed by atoms with Crippen molar-refractivity contribution in [3.63, 3.8) is 0 Å². The van der Waals surface area contributed by atoms with Gasteiger partial charge in [0.05, 0.1) is 0 Å². The Hall–Kier alpha value is -0.720. The summed E-state index contributed by atoms with van der Waals surface area (Å²) in [6.07, 6.45) is 9.22. The molecular formula is C12H21N. The molecule has 0 radical (unpaired) electrons. The molecule has 1 nitrogen and oxygen atoms in total. The Labute approximate surface area is 82.1 Å². The van der Waals surface area contributed by atoms with Crippen molar-refractivity contribution in [1.29, 1.82) is 0 Å². The van der Waals surface area contributed by atoms with Crippen LogP contribution in [0, 0.1) is 5.92 Å². The molecule has 74 valence electrons. The van der Waals surface area contributed by atoms with Gasteiger partial charge in [0.25, 0.3) is 0 Å². The summed E-state index contributed by atoms with van der Waals surface area (Å²) in [5.41, 5.74) is 1.41. The fourth-order valence-corrected chi connectivity index (χ4v) is 1.60. The van der Waals surface area contributed by atoms with Crippen LogP contribution < -0.4 is 0 Å². The molecule has 0 saturated carbocycles. The minimum atomic E-state index is 0.838. The van der Waals surface area contributed by atoms with Crippen molar-refractivity contribution in [3.8, 4) is 0 Å². The molecule has 0 atom stereocenters. The second-order valence-corrected chi connectivity index (χ2v) is 4.22. The van der Waals surface area contributed by atoms with Gasteiger partial charge in [-0.2, -0.15) is 0 Å². The maximum Gasteiger partial charge on any atom is 0.0359 e. The van der Waals surface area contributed by atoms with Crippen LogP contribution in [0.4, 0.5) is 0 Å². The molecule has 0 spiro atoms. The molecule has 1 heteroatoms. The summed E-state index contributed by atoms with van der Waals surface area (Å²) in [5, 5.41) is 0. The van der Waals surface area contributed by atoms with Crippen molar-refractivity contribution in [1.82, 2.24) is 4.90 Å². The van der Waals surface area contributed by atoms with Crippen molar-refractivity contribution in [2.24, 2.45) is 5.92 Å². The number of nitrogens with zero attached hydrogens (tertiary/aromatic N) is 1. The zero-order valence-electron chi connectivity index (χ0n) is 9.09. The third-order valence-corrected chi connectivity index (χ3v) is 2.51. The molecule has 0 amide bonds. The molecule has 0 bridgehead atoms. The van der Waals surface area contributed by atoms with Gasteiger partial charge in [0.2, 0.25) is 0 Å². The van der Waals surface area contributed by atoms with Crippen LogP contribution in [0.15, 0.2) is 23.9 Å². The minimum absolute atomic E-state index is 0.838. The Balaban J connectivity index is 2.22. The zero-order chi connectivity index (χ0) is 9.68. The highest BCUT2D eigenvalue weighted by atomic mass is 15.1. The van der Waals surface area contributed by atoms with Crippen LogP contribution in [0.3, 0.4) is 0 Å². The fraction of sp³-hybridized carbons (Fsp3) is 0.667. The van der Waals surface area contributed by atoms with Crippen LogP contribution >= 0.6 is 0 Å². The molecule has 1 aliphatic rings. The lowest BCUT2D eigenvalue weighted by molar-refractivity contribution is 0.353. The second-order valence-electron chi connectivity index (χ2n) is 4.22. The molecule has 0 aromatic rings. The highest BCUT2D eigenvalue weighted by Crippen LogP contribution is 2.11. The maximum atomic E-state index is 2.45. The summed E-state index contributed by atoms with van der Waals surface area (Å²) >= 11 is 0. The van der Waals surface area contributed by atoms with Crippen molar-refractivity contribution >= 4 is 0 Å². The lowest BCUT2D eigenvalue weighted by Crippen LogP contribution is -2.24. The third kappa shape index (κ3) is 3.67. The van der Waals surface area contributed by atoms with Crippen molar-refractivity contribution < 1.29 is 0 Å². The van der Waals surface area contributed by atoms with Gasteiger partial charge in [-0.1, -0.05) is 26.0 Å². The van der Waals surface area contributed by atoms with Crippen LogP contribution in [0.5, 0.6) is 0 Å². The topological polar surface area (TPSA) is 3.24 Å². The van der Waals surface area contributed by atoms with E-state index < -0.39 is 0 Å². The van der Waals surface area contributed by atoms with Crippen LogP contribution in [0.25, 0.3) is 0 Å². The normalized spacial score (nSPS) is 16.6. The smallest absolute Gasteiger partial charge is 0.0359 e. The van der Waals surface area contributed by atoms with Gasteiger partial charge in [-0.25, -0.2) is 0 Å². The first-order chi connectivity index (χ1) is 6.20. The van der Waals surface area contributed by atoms with E-state index in [1.54, 1.807) is 0 Å². The molecule has 1 heterocycles. The van der Waals surface area contributed by atoms with E-state index in [9.17, 15) is 0 Å². The monoisotopic (exact) mass is 179 g/mol. The van der Waals surface area contributed by atoms with Crippen LogP contribution in [0.1, 0.15) is 33.6 Å². The molecule has 0 unspecified atom stereocenters. The van der Waals surface area contributed by atoms with Crippen LogP contribution in [-0.4, -0.2) is 18.0 Å². The number of hydrogen-bond donors (Lipinski definition) is 0. The molecule has 0 aromatic carbocycles. The largest absolute Gasteiger partial charge is 0.371 e. The summed E-state index contributed by atoms with van der Waals surface area (Å²) in [5.74, 6) is 0.838. The minimum Gasteiger partial charge on any atom is -0.371 e. The van der Waals surface area contributed by atoms with E-state index in [1.807, 2.05) is 0 Å². The molecular weight excluding hydrogens is 158 g/mol. The van der Waals surface area contributed by atoms with Gasteiger partial charge in [0.1, 0.15) is 0 Å². The van der Waals surface area contributed by atoms with Crippen LogP contribution in [-0.2, 0) is 0 Å². The SMILES string of the molecule is CC1=CC=CCN1CCCC(C)C. The van der Waals surface area contributed by atoms with Gasteiger partial charge in [-0.05, 0) is 31.8 Å². The molecule has 13 heavy (non-hydrogen) atoms. The third-order valence-electron chi connectivity index (χ3n) is 2.51. The molecule has 0 saturated heterocycles. The van der Waals surface area contributed by atoms with Gasteiger partial charge >= 0.3 is 0 Å². The van der Waals surface area contributed by atoms with E-state index in [1.165, 1.54) is 25.1 Å². The van der Waals surface area contributed by atoms with E-state index in [0.29, 0.717) is 0 Å². The van der Waals surface area contributed by atoms with E-state index in [-0.39, 0.29) is 0 Å². The fourth-order valence-electron chi connectivity index (χ4n) is 1.60. The van der Waals surface area contributed by atoms with Crippen molar-refractivity contribution in [3.05, 3.63) is 23.9 Å². The molecule has 1 aliphatic heterocycles. The number of rotatable bonds is 4. The molecule has 1 rings (SSSR count). The lowest BCUT2D eigenvalue weighted by Gasteiger charge is -2.26. The van der Waals surface area contributed by atoms with E-state index in [4.69, 9.17) is 0 Å². The first-order valence-corrected chi connectivity index (χ1v) is 5.28. The van der Waals surface area contributed by atoms with Gasteiger partial charge in [-0.15, -0.1) is 0 Å². The summed E-state index contributed by atoms with van der Waals surface area (Å²) in [4.78, 5) is 2.45. The van der Waals surface area contributed by atoms with Gasteiger partial charge < -0.3 is 4.90 Å². The Kier molecular flexibility index (Phi) is 4.07. The van der Waals surface area contributed by atoms with Crippen molar-refractivity contribution in [2.45, 2.75) is 33.6 Å². The average Bonchev–Trinajstić information content (AvgIpc) is 2.08. The summed E-state index contributed by atoms with van der Waals surface area (Å²) < 4.78 is 0. The standard InChI is InChI=1S/C12H21N/c1-11(2)7-6-10-13-9-5-4-8-12(13)3/h4-5,8,11H,6-7,9-10H2,1-3H3. The summed E-state index contributed by atoms with van der Waals surface area (Å²) in [6.45, 7) is 9.09. The van der Waals surface area contributed by atoms with E-state index in [2.05, 4.69) is 43.9 Å². The predicted molar refractivity (Wildman–Crippen MR) is 58.5 cm³/mol.